The number of carbonyl (C=O) groups is 1. The first-order valence-corrected chi connectivity index (χ1v) is 5.95. The maximum Gasteiger partial charge on any atom is 0.239 e. The molecule has 0 saturated carbocycles. The van der Waals surface area contributed by atoms with Gasteiger partial charge in [0.25, 0.3) is 0 Å². The minimum absolute atomic E-state index is 0.0863. The van der Waals surface area contributed by atoms with Gasteiger partial charge in [0, 0.05) is 25.4 Å². The SMILES string of the molecule is COCCNC(=O)CNc1cc(C(C)C)ncn1. The Labute approximate surface area is 107 Å². The molecule has 0 unspecified atom stereocenters. The molecule has 1 rings (SSSR count). The number of ether oxygens (including phenoxy) is 1. The molecule has 0 fully saturated rings. The number of hydrogen-bond donors (Lipinski definition) is 2. The van der Waals surface area contributed by atoms with Crippen molar-refractivity contribution in [2.75, 3.05) is 32.1 Å². The summed E-state index contributed by atoms with van der Waals surface area (Å²) in [6.07, 6.45) is 1.50. The lowest BCUT2D eigenvalue weighted by molar-refractivity contribution is -0.119. The maximum atomic E-state index is 11.4. The van der Waals surface area contributed by atoms with Crippen molar-refractivity contribution in [3.63, 3.8) is 0 Å². The van der Waals surface area contributed by atoms with Crippen molar-refractivity contribution in [1.29, 1.82) is 0 Å². The normalized spacial score (nSPS) is 10.4. The van der Waals surface area contributed by atoms with Gasteiger partial charge in [-0.1, -0.05) is 13.8 Å². The minimum Gasteiger partial charge on any atom is -0.383 e. The van der Waals surface area contributed by atoms with Crippen molar-refractivity contribution >= 4 is 11.7 Å². The Balaban J connectivity index is 2.38. The monoisotopic (exact) mass is 252 g/mol. The Morgan fingerprint density at radius 3 is 2.89 bits per heavy atom. The van der Waals surface area contributed by atoms with Crippen molar-refractivity contribution in [1.82, 2.24) is 15.3 Å². The van der Waals surface area contributed by atoms with Crippen molar-refractivity contribution in [3.05, 3.63) is 18.1 Å². The van der Waals surface area contributed by atoms with Gasteiger partial charge in [-0.05, 0) is 5.92 Å². The standard InChI is InChI=1S/C12H20N4O2/c1-9(2)10-6-11(16-8-15-10)14-7-12(17)13-4-5-18-3/h6,8-9H,4-5,7H2,1-3H3,(H,13,17)(H,14,15,16). The van der Waals surface area contributed by atoms with E-state index in [0.29, 0.717) is 24.9 Å². The predicted octanol–water partition coefficient (Wildman–Crippen LogP) is 0.774. The van der Waals surface area contributed by atoms with E-state index < -0.39 is 0 Å². The second-order valence-electron chi connectivity index (χ2n) is 4.18. The smallest absolute Gasteiger partial charge is 0.239 e. The van der Waals surface area contributed by atoms with E-state index >= 15 is 0 Å². The zero-order valence-corrected chi connectivity index (χ0v) is 11.1. The van der Waals surface area contributed by atoms with Crippen LogP contribution in [0, 0.1) is 0 Å². The summed E-state index contributed by atoms with van der Waals surface area (Å²) in [5.74, 6) is 0.913. The summed E-state index contributed by atoms with van der Waals surface area (Å²) in [6, 6.07) is 1.85. The van der Waals surface area contributed by atoms with E-state index in [1.54, 1.807) is 7.11 Å². The molecule has 0 bridgehead atoms. The second-order valence-corrected chi connectivity index (χ2v) is 4.18. The van der Waals surface area contributed by atoms with Gasteiger partial charge < -0.3 is 15.4 Å². The van der Waals surface area contributed by atoms with Crippen molar-refractivity contribution < 1.29 is 9.53 Å². The van der Waals surface area contributed by atoms with Crippen LogP contribution in [0.3, 0.4) is 0 Å². The molecule has 0 aromatic carbocycles. The summed E-state index contributed by atoms with van der Waals surface area (Å²) < 4.78 is 4.84. The molecule has 0 aliphatic heterocycles. The first kappa shape index (κ1) is 14.4. The summed E-state index contributed by atoms with van der Waals surface area (Å²) in [5.41, 5.74) is 0.951. The lowest BCUT2D eigenvalue weighted by atomic mass is 10.1. The van der Waals surface area contributed by atoms with Crippen LogP contribution in [0.5, 0.6) is 0 Å². The molecule has 6 nitrogen and oxygen atoms in total. The number of carbonyl (C=O) groups excluding carboxylic acids is 1. The molecule has 0 radical (unpaired) electrons. The number of nitrogens with one attached hydrogen (secondary N) is 2. The molecule has 1 aromatic heterocycles. The molecular formula is C12H20N4O2. The Morgan fingerprint density at radius 1 is 1.44 bits per heavy atom. The van der Waals surface area contributed by atoms with Crippen LogP contribution in [0.15, 0.2) is 12.4 Å². The van der Waals surface area contributed by atoms with Crippen LogP contribution in [-0.4, -0.2) is 42.7 Å². The molecule has 6 heteroatoms. The Bertz CT molecular complexity index is 382. The molecule has 1 amide bonds. The zero-order valence-electron chi connectivity index (χ0n) is 11.1. The average molecular weight is 252 g/mol. The van der Waals surface area contributed by atoms with E-state index in [-0.39, 0.29) is 12.5 Å². The first-order chi connectivity index (χ1) is 8.63. The number of hydrogen-bond acceptors (Lipinski definition) is 5. The number of methoxy groups -OCH3 is 1. The minimum atomic E-state index is -0.0863. The molecule has 2 N–H and O–H groups in total. The van der Waals surface area contributed by atoms with Crippen molar-refractivity contribution in [3.8, 4) is 0 Å². The lowest BCUT2D eigenvalue weighted by Gasteiger charge is -2.09. The molecule has 100 valence electrons. The van der Waals surface area contributed by atoms with E-state index in [1.807, 2.05) is 6.07 Å². The van der Waals surface area contributed by atoms with Crippen LogP contribution < -0.4 is 10.6 Å². The van der Waals surface area contributed by atoms with Gasteiger partial charge in [-0.25, -0.2) is 9.97 Å². The second kappa shape index (κ2) is 7.60. The number of nitrogens with zero attached hydrogens (tertiary/aromatic N) is 2. The Morgan fingerprint density at radius 2 is 2.22 bits per heavy atom. The van der Waals surface area contributed by atoms with E-state index in [1.165, 1.54) is 6.33 Å². The summed E-state index contributed by atoms with van der Waals surface area (Å²) in [6.45, 7) is 5.33. The molecule has 1 heterocycles. The fraction of sp³-hybridized carbons (Fsp3) is 0.583. The summed E-state index contributed by atoms with van der Waals surface area (Å²) >= 11 is 0. The van der Waals surface area contributed by atoms with Crippen LogP contribution in [-0.2, 0) is 9.53 Å². The fourth-order valence-electron chi connectivity index (χ4n) is 1.31. The van der Waals surface area contributed by atoms with Gasteiger partial charge in [0.15, 0.2) is 0 Å². The molecule has 0 aliphatic rings. The predicted molar refractivity (Wildman–Crippen MR) is 69.5 cm³/mol. The van der Waals surface area contributed by atoms with Crippen LogP contribution >= 0.6 is 0 Å². The van der Waals surface area contributed by atoms with Gasteiger partial charge in [0.2, 0.25) is 5.91 Å². The highest BCUT2D eigenvalue weighted by atomic mass is 16.5. The van der Waals surface area contributed by atoms with Crippen LogP contribution in [0.4, 0.5) is 5.82 Å². The van der Waals surface area contributed by atoms with Gasteiger partial charge in [0.1, 0.15) is 12.1 Å². The van der Waals surface area contributed by atoms with E-state index in [0.717, 1.165) is 5.69 Å². The van der Waals surface area contributed by atoms with Gasteiger partial charge >= 0.3 is 0 Å². The van der Waals surface area contributed by atoms with E-state index in [9.17, 15) is 4.79 Å². The highest BCUT2D eigenvalue weighted by molar-refractivity contribution is 5.80. The van der Waals surface area contributed by atoms with E-state index in [4.69, 9.17) is 4.74 Å². The zero-order chi connectivity index (χ0) is 13.4. The fourth-order valence-corrected chi connectivity index (χ4v) is 1.31. The molecule has 0 saturated heterocycles. The van der Waals surface area contributed by atoms with Crippen molar-refractivity contribution in [2.24, 2.45) is 0 Å². The summed E-state index contributed by atoms with van der Waals surface area (Å²) in [5, 5.41) is 5.68. The van der Waals surface area contributed by atoms with Crippen LogP contribution in [0.2, 0.25) is 0 Å². The molecule has 18 heavy (non-hydrogen) atoms. The van der Waals surface area contributed by atoms with Gasteiger partial charge in [-0.3, -0.25) is 4.79 Å². The van der Waals surface area contributed by atoms with Gasteiger partial charge in [-0.2, -0.15) is 0 Å². The third-order valence-electron chi connectivity index (χ3n) is 2.34. The number of anilines is 1. The largest absolute Gasteiger partial charge is 0.383 e. The first-order valence-electron chi connectivity index (χ1n) is 5.95. The third kappa shape index (κ3) is 5.09. The number of aromatic nitrogens is 2. The Kier molecular flexibility index (Phi) is 6.07. The molecule has 0 spiro atoms. The highest BCUT2D eigenvalue weighted by Gasteiger charge is 2.04. The van der Waals surface area contributed by atoms with E-state index in [2.05, 4.69) is 34.4 Å². The number of amides is 1. The Hall–Kier alpha value is -1.69. The quantitative estimate of drug-likeness (QED) is 0.701. The van der Waals surface area contributed by atoms with Gasteiger partial charge in [-0.15, -0.1) is 0 Å². The van der Waals surface area contributed by atoms with Crippen LogP contribution in [0.1, 0.15) is 25.5 Å². The number of rotatable bonds is 7. The lowest BCUT2D eigenvalue weighted by Crippen LogP contribution is -2.32. The molecule has 0 aliphatic carbocycles. The topological polar surface area (TPSA) is 76.1 Å². The molecule has 1 aromatic rings. The summed E-state index contributed by atoms with van der Waals surface area (Å²) in [4.78, 5) is 19.7. The highest BCUT2D eigenvalue weighted by Crippen LogP contribution is 2.13. The van der Waals surface area contributed by atoms with Gasteiger partial charge in [0.05, 0.1) is 13.2 Å². The van der Waals surface area contributed by atoms with Crippen molar-refractivity contribution in [2.45, 2.75) is 19.8 Å². The molecule has 0 atom stereocenters. The third-order valence-corrected chi connectivity index (χ3v) is 2.34. The maximum absolute atomic E-state index is 11.4. The average Bonchev–Trinajstić information content (AvgIpc) is 2.37. The van der Waals surface area contributed by atoms with Crippen LogP contribution in [0.25, 0.3) is 0 Å². The molecular weight excluding hydrogens is 232 g/mol. The summed E-state index contributed by atoms with van der Waals surface area (Å²) in [7, 11) is 1.60.